The van der Waals surface area contributed by atoms with Crippen LogP contribution in [0.4, 0.5) is 4.39 Å². The number of rotatable bonds is 6. The lowest BCUT2D eigenvalue weighted by molar-refractivity contribution is -0.143. The molecule has 19 heavy (non-hydrogen) atoms. The Kier molecular flexibility index (Phi) is 5.48. The highest BCUT2D eigenvalue weighted by Gasteiger charge is 2.22. The third-order valence-electron chi connectivity index (χ3n) is 2.95. The van der Waals surface area contributed by atoms with E-state index in [0.29, 0.717) is 5.56 Å². The predicted molar refractivity (Wildman–Crippen MR) is 69.1 cm³/mol. The van der Waals surface area contributed by atoms with Crippen LogP contribution in [0.15, 0.2) is 24.3 Å². The molecule has 104 valence electrons. The van der Waals surface area contributed by atoms with Gasteiger partial charge in [0, 0.05) is 6.54 Å². The average molecular weight is 267 g/mol. The van der Waals surface area contributed by atoms with E-state index >= 15 is 0 Å². The quantitative estimate of drug-likeness (QED) is 0.826. The summed E-state index contributed by atoms with van der Waals surface area (Å²) in [6.45, 7) is 3.61. The zero-order valence-corrected chi connectivity index (χ0v) is 11.0. The number of aliphatic carboxylic acids is 1. The third-order valence-corrected chi connectivity index (χ3v) is 2.95. The molecule has 1 atom stereocenters. The highest BCUT2D eigenvalue weighted by Crippen LogP contribution is 2.10. The summed E-state index contributed by atoms with van der Waals surface area (Å²) < 4.78 is 13.3. The van der Waals surface area contributed by atoms with Crippen molar-refractivity contribution in [3.63, 3.8) is 0 Å². The fourth-order valence-electron chi connectivity index (χ4n) is 1.71. The fourth-order valence-corrected chi connectivity index (χ4v) is 1.71. The van der Waals surface area contributed by atoms with E-state index in [1.54, 1.807) is 26.0 Å². The van der Waals surface area contributed by atoms with Gasteiger partial charge in [0.15, 0.2) is 0 Å². The second kappa shape index (κ2) is 6.87. The molecule has 1 rings (SSSR count). The van der Waals surface area contributed by atoms with Gasteiger partial charge in [0.05, 0.1) is 12.3 Å². The molecule has 0 aliphatic carbocycles. The van der Waals surface area contributed by atoms with Crippen LogP contribution in [0.5, 0.6) is 0 Å². The number of amides is 1. The number of hydrogen-bond donors (Lipinski definition) is 2. The Morgan fingerprint density at radius 2 is 1.95 bits per heavy atom. The van der Waals surface area contributed by atoms with Crippen molar-refractivity contribution >= 4 is 11.9 Å². The molecule has 0 fully saturated rings. The summed E-state index contributed by atoms with van der Waals surface area (Å²) in [6, 6.07) is 6.03. The molecular formula is C14H18FNO3. The van der Waals surface area contributed by atoms with Crippen LogP contribution in [-0.2, 0) is 16.0 Å². The van der Waals surface area contributed by atoms with Crippen molar-refractivity contribution in [1.82, 2.24) is 5.32 Å². The molecule has 0 radical (unpaired) electrons. The van der Waals surface area contributed by atoms with E-state index in [1.165, 1.54) is 12.1 Å². The number of halogens is 1. The predicted octanol–water partition coefficient (Wildman–Crippen LogP) is 1.84. The summed E-state index contributed by atoms with van der Waals surface area (Å²) >= 11 is 0. The van der Waals surface area contributed by atoms with Gasteiger partial charge in [-0.25, -0.2) is 4.39 Å². The van der Waals surface area contributed by atoms with Gasteiger partial charge in [-0.3, -0.25) is 9.59 Å². The molecular weight excluding hydrogens is 249 g/mol. The number of carboxylic acids is 1. The fraction of sp³-hybridized carbons (Fsp3) is 0.429. The Morgan fingerprint density at radius 1 is 1.32 bits per heavy atom. The molecule has 2 N–H and O–H groups in total. The topological polar surface area (TPSA) is 66.4 Å². The summed E-state index contributed by atoms with van der Waals surface area (Å²) in [5, 5.41) is 11.5. The van der Waals surface area contributed by atoms with Gasteiger partial charge in [-0.15, -0.1) is 0 Å². The Balaban J connectivity index is 2.52. The number of benzene rings is 1. The molecule has 0 aromatic heterocycles. The number of carboxylic acid groups (broad SMARTS) is 1. The van der Waals surface area contributed by atoms with Crippen molar-refractivity contribution in [3.8, 4) is 0 Å². The second-order valence-electron chi connectivity index (χ2n) is 4.76. The van der Waals surface area contributed by atoms with Crippen LogP contribution >= 0.6 is 0 Å². The molecule has 0 aliphatic heterocycles. The van der Waals surface area contributed by atoms with E-state index in [2.05, 4.69) is 5.32 Å². The van der Waals surface area contributed by atoms with Crippen LogP contribution in [0, 0.1) is 17.7 Å². The summed E-state index contributed by atoms with van der Waals surface area (Å²) in [5.41, 5.74) is 0.302. The van der Waals surface area contributed by atoms with Gasteiger partial charge in [-0.2, -0.15) is 0 Å². The number of nitrogens with one attached hydrogen (secondary N) is 1. The first-order chi connectivity index (χ1) is 8.91. The Labute approximate surface area is 111 Å². The maximum atomic E-state index is 13.3. The summed E-state index contributed by atoms with van der Waals surface area (Å²) in [6.07, 6.45) is -0.0862. The monoisotopic (exact) mass is 267 g/mol. The van der Waals surface area contributed by atoms with Gasteiger partial charge in [0.2, 0.25) is 5.91 Å². The summed E-state index contributed by atoms with van der Waals surface area (Å²) in [7, 11) is 0. The van der Waals surface area contributed by atoms with E-state index in [1.807, 2.05) is 0 Å². The number of carbonyl (C=O) groups excluding carboxylic acids is 1. The minimum absolute atomic E-state index is 0.0558. The van der Waals surface area contributed by atoms with E-state index in [4.69, 9.17) is 5.11 Å². The highest BCUT2D eigenvalue weighted by atomic mass is 19.1. The van der Waals surface area contributed by atoms with Crippen molar-refractivity contribution in [2.45, 2.75) is 20.3 Å². The zero-order valence-electron chi connectivity index (χ0n) is 11.0. The largest absolute Gasteiger partial charge is 0.481 e. The van der Waals surface area contributed by atoms with Gasteiger partial charge in [0.1, 0.15) is 5.82 Å². The van der Waals surface area contributed by atoms with E-state index in [9.17, 15) is 14.0 Å². The Morgan fingerprint density at radius 3 is 2.47 bits per heavy atom. The summed E-state index contributed by atoms with van der Waals surface area (Å²) in [5.74, 6) is -2.47. The lowest BCUT2D eigenvalue weighted by Gasteiger charge is -2.16. The van der Waals surface area contributed by atoms with Crippen LogP contribution in [0.3, 0.4) is 0 Å². The Bertz CT molecular complexity index is 460. The normalized spacial score (nSPS) is 12.2. The minimum atomic E-state index is -0.943. The van der Waals surface area contributed by atoms with Crippen LogP contribution in [0.2, 0.25) is 0 Å². The van der Waals surface area contributed by atoms with Gasteiger partial charge in [-0.05, 0) is 17.5 Å². The summed E-state index contributed by atoms with van der Waals surface area (Å²) in [4.78, 5) is 22.6. The first-order valence-electron chi connectivity index (χ1n) is 6.14. The molecule has 1 aromatic carbocycles. The first kappa shape index (κ1) is 15.1. The van der Waals surface area contributed by atoms with Crippen molar-refractivity contribution in [2.24, 2.45) is 11.8 Å². The van der Waals surface area contributed by atoms with Crippen LogP contribution in [-0.4, -0.2) is 23.5 Å². The highest BCUT2D eigenvalue weighted by molar-refractivity contribution is 5.79. The number of hydrogen-bond acceptors (Lipinski definition) is 2. The Hall–Kier alpha value is -1.91. The van der Waals surface area contributed by atoms with E-state index < -0.39 is 17.7 Å². The van der Waals surface area contributed by atoms with Crippen molar-refractivity contribution in [3.05, 3.63) is 35.6 Å². The van der Waals surface area contributed by atoms with Gasteiger partial charge < -0.3 is 10.4 Å². The molecule has 4 nitrogen and oxygen atoms in total. The average Bonchev–Trinajstić information content (AvgIpc) is 2.31. The molecule has 0 heterocycles. The van der Waals surface area contributed by atoms with Crippen LogP contribution in [0.1, 0.15) is 19.4 Å². The smallest absolute Gasteiger partial charge is 0.308 e. The van der Waals surface area contributed by atoms with Gasteiger partial charge in [0.25, 0.3) is 0 Å². The molecule has 0 bridgehead atoms. The molecule has 0 saturated heterocycles. The zero-order chi connectivity index (χ0) is 14.4. The first-order valence-corrected chi connectivity index (χ1v) is 6.14. The molecule has 5 heteroatoms. The number of carbonyl (C=O) groups is 2. The second-order valence-corrected chi connectivity index (χ2v) is 4.76. The molecule has 1 unspecified atom stereocenters. The molecule has 0 saturated carbocycles. The van der Waals surface area contributed by atoms with E-state index in [0.717, 1.165) is 0 Å². The van der Waals surface area contributed by atoms with Gasteiger partial charge in [-0.1, -0.05) is 32.0 Å². The van der Waals surface area contributed by atoms with Crippen molar-refractivity contribution in [2.75, 3.05) is 6.54 Å². The van der Waals surface area contributed by atoms with Crippen LogP contribution in [0.25, 0.3) is 0 Å². The SMILES string of the molecule is CC(C)C(CNC(=O)Cc1ccccc1F)C(=O)O. The lowest BCUT2D eigenvalue weighted by Crippen LogP contribution is -2.36. The molecule has 0 spiro atoms. The van der Waals surface area contributed by atoms with Crippen molar-refractivity contribution < 1.29 is 19.1 Å². The van der Waals surface area contributed by atoms with Crippen molar-refractivity contribution in [1.29, 1.82) is 0 Å². The minimum Gasteiger partial charge on any atom is -0.481 e. The van der Waals surface area contributed by atoms with Crippen LogP contribution < -0.4 is 5.32 Å². The lowest BCUT2D eigenvalue weighted by atomic mass is 9.96. The van der Waals surface area contributed by atoms with E-state index in [-0.39, 0.29) is 24.8 Å². The van der Waals surface area contributed by atoms with Gasteiger partial charge >= 0.3 is 5.97 Å². The molecule has 1 aromatic rings. The molecule has 0 aliphatic rings. The molecule has 1 amide bonds. The maximum absolute atomic E-state index is 13.3. The third kappa shape index (κ3) is 4.69. The standard InChI is InChI=1S/C14H18FNO3/c1-9(2)11(14(18)19)8-16-13(17)7-10-5-3-4-6-12(10)15/h3-6,9,11H,7-8H2,1-2H3,(H,16,17)(H,18,19). The maximum Gasteiger partial charge on any atom is 0.308 e.